The highest BCUT2D eigenvalue weighted by Crippen LogP contribution is 2.49. The lowest BCUT2D eigenvalue weighted by atomic mass is 9.97. The summed E-state index contributed by atoms with van der Waals surface area (Å²) in [6.45, 7) is 6.54. The van der Waals surface area contributed by atoms with E-state index in [0.29, 0.717) is 5.41 Å². The van der Waals surface area contributed by atoms with Gasteiger partial charge in [-0.05, 0) is 38.5 Å². The van der Waals surface area contributed by atoms with Crippen LogP contribution in [0.15, 0.2) is 0 Å². The number of alkyl halides is 1. The lowest BCUT2D eigenvalue weighted by Crippen LogP contribution is -2.47. The van der Waals surface area contributed by atoms with Crippen molar-refractivity contribution in [2.75, 3.05) is 18.4 Å². The smallest absolute Gasteiger partial charge is 0.0730 e. The second-order valence-corrected chi connectivity index (χ2v) is 6.07. The van der Waals surface area contributed by atoms with Gasteiger partial charge in [-0.1, -0.05) is 15.9 Å². The summed E-state index contributed by atoms with van der Waals surface area (Å²) in [6.07, 6.45) is 3.49. The average Bonchev–Trinajstić information content (AvgIpc) is 2.87. The topological polar surface area (TPSA) is 23.5 Å². The molecule has 0 aromatic rings. The summed E-state index contributed by atoms with van der Waals surface area (Å²) < 4.78 is 0. The van der Waals surface area contributed by atoms with Gasteiger partial charge in [-0.2, -0.15) is 0 Å². The van der Waals surface area contributed by atoms with E-state index in [9.17, 15) is 5.11 Å². The first-order valence-electron chi connectivity index (χ1n) is 5.49. The highest BCUT2D eigenvalue weighted by molar-refractivity contribution is 9.09. The van der Waals surface area contributed by atoms with Crippen LogP contribution < -0.4 is 0 Å². The number of hydrogen-bond acceptors (Lipinski definition) is 2. The van der Waals surface area contributed by atoms with Gasteiger partial charge in [0.1, 0.15) is 0 Å². The molecule has 3 heteroatoms. The quantitative estimate of drug-likeness (QED) is 0.786. The molecule has 0 radical (unpaired) electrons. The minimum Gasteiger partial charge on any atom is -0.391 e. The maximum Gasteiger partial charge on any atom is 0.0730 e. The largest absolute Gasteiger partial charge is 0.391 e. The SMILES string of the molecule is CC1(C)C(O)CCN1CC1(CBr)CC1. The number of rotatable bonds is 3. The Balaban J connectivity index is 1.99. The fourth-order valence-corrected chi connectivity index (χ4v) is 3.07. The maximum absolute atomic E-state index is 9.86. The van der Waals surface area contributed by atoms with Crippen LogP contribution >= 0.6 is 15.9 Å². The van der Waals surface area contributed by atoms with Crippen molar-refractivity contribution in [1.82, 2.24) is 4.90 Å². The zero-order valence-corrected chi connectivity index (χ0v) is 10.7. The molecule has 2 aliphatic rings. The van der Waals surface area contributed by atoms with E-state index in [0.717, 1.165) is 24.8 Å². The summed E-state index contributed by atoms with van der Waals surface area (Å²) in [4.78, 5) is 2.46. The predicted molar refractivity (Wildman–Crippen MR) is 61.7 cm³/mol. The predicted octanol–water partition coefficient (Wildman–Crippen LogP) is 2.01. The van der Waals surface area contributed by atoms with Crippen LogP contribution in [0, 0.1) is 5.41 Å². The number of likely N-dealkylation sites (tertiary alicyclic amines) is 1. The van der Waals surface area contributed by atoms with E-state index in [1.807, 2.05) is 0 Å². The second-order valence-electron chi connectivity index (χ2n) is 5.51. The maximum atomic E-state index is 9.86. The summed E-state index contributed by atoms with van der Waals surface area (Å²) in [6, 6.07) is 0. The molecule has 1 aliphatic heterocycles. The number of hydrogen-bond donors (Lipinski definition) is 1. The van der Waals surface area contributed by atoms with E-state index in [1.54, 1.807) is 0 Å². The molecule has 0 aromatic heterocycles. The van der Waals surface area contributed by atoms with E-state index in [-0.39, 0.29) is 11.6 Å². The summed E-state index contributed by atoms with van der Waals surface area (Å²) in [5.74, 6) is 0. The Morgan fingerprint density at radius 1 is 1.43 bits per heavy atom. The van der Waals surface area contributed by atoms with Crippen molar-refractivity contribution < 1.29 is 5.11 Å². The Hall–Kier alpha value is 0.400. The molecule has 1 saturated carbocycles. The highest BCUT2D eigenvalue weighted by Gasteiger charge is 2.48. The minimum atomic E-state index is -0.145. The Labute approximate surface area is 94.8 Å². The monoisotopic (exact) mass is 261 g/mol. The molecule has 1 saturated heterocycles. The molecule has 1 N–H and O–H groups in total. The van der Waals surface area contributed by atoms with E-state index in [2.05, 4.69) is 34.7 Å². The van der Waals surface area contributed by atoms with Crippen LogP contribution in [-0.2, 0) is 0 Å². The van der Waals surface area contributed by atoms with Crippen molar-refractivity contribution in [3.63, 3.8) is 0 Å². The first-order valence-corrected chi connectivity index (χ1v) is 6.61. The lowest BCUT2D eigenvalue weighted by Gasteiger charge is -2.36. The van der Waals surface area contributed by atoms with Gasteiger partial charge >= 0.3 is 0 Å². The third-order valence-corrected chi connectivity index (χ3v) is 5.26. The van der Waals surface area contributed by atoms with E-state index in [1.165, 1.54) is 12.8 Å². The van der Waals surface area contributed by atoms with Crippen LogP contribution in [0.3, 0.4) is 0 Å². The van der Waals surface area contributed by atoms with Crippen LogP contribution in [-0.4, -0.2) is 40.1 Å². The van der Waals surface area contributed by atoms with Crippen molar-refractivity contribution >= 4 is 15.9 Å². The summed E-state index contributed by atoms with van der Waals surface area (Å²) in [5.41, 5.74) is 0.513. The molecule has 0 bridgehead atoms. The second kappa shape index (κ2) is 3.46. The lowest BCUT2D eigenvalue weighted by molar-refractivity contribution is 0.0458. The molecule has 0 amide bonds. The molecular formula is C11H20BrNO. The van der Waals surface area contributed by atoms with Gasteiger partial charge in [-0.3, -0.25) is 4.90 Å². The van der Waals surface area contributed by atoms with Gasteiger partial charge in [-0.25, -0.2) is 0 Å². The first kappa shape index (κ1) is 10.9. The molecule has 1 aliphatic carbocycles. The first-order chi connectivity index (χ1) is 6.50. The normalized spacial score (nSPS) is 34.7. The Kier molecular flexibility index (Phi) is 2.70. The molecule has 2 fully saturated rings. The molecule has 1 unspecified atom stereocenters. The Bertz CT molecular complexity index is 225. The van der Waals surface area contributed by atoms with Gasteiger partial charge in [0.25, 0.3) is 0 Å². The average molecular weight is 262 g/mol. The molecule has 14 heavy (non-hydrogen) atoms. The van der Waals surface area contributed by atoms with Crippen LogP contribution in [0.5, 0.6) is 0 Å². The molecule has 0 spiro atoms. The molecule has 0 aromatic carbocycles. The highest BCUT2D eigenvalue weighted by atomic mass is 79.9. The van der Waals surface area contributed by atoms with E-state index in [4.69, 9.17) is 0 Å². The van der Waals surface area contributed by atoms with Crippen molar-refractivity contribution in [2.45, 2.75) is 44.8 Å². The molecule has 2 nitrogen and oxygen atoms in total. The van der Waals surface area contributed by atoms with Gasteiger partial charge in [0.05, 0.1) is 6.10 Å². The fourth-order valence-electron chi connectivity index (χ4n) is 2.33. The number of aliphatic hydroxyl groups is 1. The van der Waals surface area contributed by atoms with E-state index < -0.39 is 0 Å². The van der Waals surface area contributed by atoms with Crippen molar-refractivity contribution in [1.29, 1.82) is 0 Å². The molecule has 82 valence electrons. The number of nitrogens with zero attached hydrogens (tertiary/aromatic N) is 1. The van der Waals surface area contributed by atoms with Gasteiger partial charge in [0.2, 0.25) is 0 Å². The van der Waals surface area contributed by atoms with E-state index >= 15 is 0 Å². The molecule has 1 atom stereocenters. The molecule has 2 rings (SSSR count). The van der Waals surface area contributed by atoms with Crippen molar-refractivity contribution in [2.24, 2.45) is 5.41 Å². The summed E-state index contributed by atoms with van der Waals surface area (Å²) in [5, 5.41) is 11.0. The fraction of sp³-hybridized carbons (Fsp3) is 1.00. The third-order valence-electron chi connectivity index (χ3n) is 4.07. The number of aliphatic hydroxyl groups excluding tert-OH is 1. The Morgan fingerprint density at radius 2 is 2.07 bits per heavy atom. The zero-order chi connectivity index (χ0) is 10.4. The zero-order valence-electron chi connectivity index (χ0n) is 9.09. The van der Waals surface area contributed by atoms with Crippen LogP contribution in [0.4, 0.5) is 0 Å². The van der Waals surface area contributed by atoms with Crippen molar-refractivity contribution in [3.05, 3.63) is 0 Å². The minimum absolute atomic E-state index is 0.0161. The van der Waals surface area contributed by atoms with Crippen LogP contribution in [0.25, 0.3) is 0 Å². The van der Waals surface area contributed by atoms with Crippen molar-refractivity contribution in [3.8, 4) is 0 Å². The van der Waals surface area contributed by atoms with Crippen LogP contribution in [0.1, 0.15) is 33.1 Å². The van der Waals surface area contributed by atoms with Gasteiger partial charge in [0, 0.05) is 24.0 Å². The third kappa shape index (κ3) is 1.74. The molecule has 1 heterocycles. The van der Waals surface area contributed by atoms with Gasteiger partial charge in [-0.15, -0.1) is 0 Å². The van der Waals surface area contributed by atoms with Gasteiger partial charge in [0.15, 0.2) is 0 Å². The van der Waals surface area contributed by atoms with Crippen LogP contribution in [0.2, 0.25) is 0 Å². The summed E-state index contributed by atoms with van der Waals surface area (Å²) >= 11 is 3.60. The number of halogens is 1. The molecular weight excluding hydrogens is 242 g/mol. The Morgan fingerprint density at radius 3 is 2.43 bits per heavy atom. The standard InChI is InChI=1S/C11H20BrNO/c1-10(2)9(14)3-6-13(10)8-11(7-12)4-5-11/h9,14H,3-8H2,1-2H3. The van der Waals surface area contributed by atoms with Gasteiger partial charge < -0.3 is 5.11 Å². The summed E-state index contributed by atoms with van der Waals surface area (Å²) in [7, 11) is 0.